The number of rotatable bonds is 8. The monoisotopic (exact) mass is 227 g/mol. The molecule has 0 aromatic carbocycles. The Morgan fingerprint density at radius 1 is 1.25 bits per heavy atom. The van der Waals surface area contributed by atoms with Gasteiger partial charge in [0.25, 0.3) is 0 Å². The van der Waals surface area contributed by atoms with E-state index in [1.807, 2.05) is 0 Å². The van der Waals surface area contributed by atoms with Crippen molar-refractivity contribution in [3.8, 4) is 0 Å². The molecule has 0 saturated carbocycles. The topological polar surface area (TPSA) is 27.3 Å². The molecule has 1 rings (SSSR count). The zero-order chi connectivity index (χ0) is 11.6. The molecule has 3 nitrogen and oxygen atoms in total. The Hall–Kier alpha value is -0.120. The van der Waals surface area contributed by atoms with E-state index in [2.05, 4.69) is 29.4 Å². The lowest BCUT2D eigenvalue weighted by molar-refractivity contribution is 0.283. The molecule has 0 bridgehead atoms. The van der Waals surface area contributed by atoms with Gasteiger partial charge in [0.2, 0.25) is 0 Å². The van der Waals surface area contributed by atoms with E-state index in [0.29, 0.717) is 0 Å². The number of piperidine rings is 1. The third kappa shape index (κ3) is 5.83. The van der Waals surface area contributed by atoms with Crippen molar-refractivity contribution in [3.05, 3.63) is 0 Å². The van der Waals surface area contributed by atoms with Crippen LogP contribution in [-0.2, 0) is 0 Å². The van der Waals surface area contributed by atoms with Gasteiger partial charge < -0.3 is 15.5 Å². The summed E-state index contributed by atoms with van der Waals surface area (Å²) in [7, 11) is 0. The minimum absolute atomic E-state index is 0.718. The van der Waals surface area contributed by atoms with Gasteiger partial charge in [-0.05, 0) is 38.9 Å². The highest BCUT2D eigenvalue weighted by molar-refractivity contribution is 4.74. The molecule has 0 spiro atoms. The summed E-state index contributed by atoms with van der Waals surface area (Å²) >= 11 is 0. The fourth-order valence-electron chi connectivity index (χ4n) is 2.36. The van der Waals surface area contributed by atoms with Gasteiger partial charge in [-0.15, -0.1) is 0 Å². The summed E-state index contributed by atoms with van der Waals surface area (Å²) in [6, 6.07) is 0.718. The van der Waals surface area contributed by atoms with Gasteiger partial charge in [-0.3, -0.25) is 0 Å². The molecule has 1 aliphatic heterocycles. The minimum Gasteiger partial charge on any atom is -0.314 e. The Morgan fingerprint density at radius 2 is 2.12 bits per heavy atom. The van der Waals surface area contributed by atoms with E-state index in [9.17, 15) is 0 Å². The van der Waals surface area contributed by atoms with Crippen LogP contribution in [0.3, 0.4) is 0 Å². The van der Waals surface area contributed by atoms with Gasteiger partial charge in [0.05, 0.1) is 0 Å². The largest absolute Gasteiger partial charge is 0.314 e. The first-order valence-corrected chi connectivity index (χ1v) is 7.03. The van der Waals surface area contributed by atoms with Crippen LogP contribution >= 0.6 is 0 Å². The third-order valence-electron chi connectivity index (χ3n) is 3.39. The molecule has 96 valence electrons. The summed E-state index contributed by atoms with van der Waals surface area (Å²) < 4.78 is 0. The molecule has 0 aromatic rings. The lowest BCUT2D eigenvalue weighted by Crippen LogP contribution is -2.43. The Bertz CT molecular complexity index is 149. The maximum atomic E-state index is 3.57. The highest BCUT2D eigenvalue weighted by Gasteiger charge is 2.11. The lowest BCUT2D eigenvalue weighted by atomic mass is 10.1. The van der Waals surface area contributed by atoms with Crippen molar-refractivity contribution in [2.24, 2.45) is 0 Å². The van der Waals surface area contributed by atoms with Crippen LogP contribution in [0.2, 0.25) is 0 Å². The Kier molecular flexibility index (Phi) is 7.81. The first kappa shape index (κ1) is 13.9. The Balaban J connectivity index is 1.97. The standard InChI is InChI=1S/C13H29N3/c1-3-10-16(4-2)11-9-14-12-13-7-5-6-8-15-13/h13-15H,3-12H2,1-2H3. The van der Waals surface area contributed by atoms with Gasteiger partial charge in [0, 0.05) is 25.7 Å². The third-order valence-corrected chi connectivity index (χ3v) is 3.39. The van der Waals surface area contributed by atoms with E-state index in [1.165, 1.54) is 51.9 Å². The van der Waals surface area contributed by atoms with Gasteiger partial charge in [-0.2, -0.15) is 0 Å². The average molecular weight is 227 g/mol. The molecule has 0 amide bonds. The highest BCUT2D eigenvalue weighted by atomic mass is 15.1. The smallest absolute Gasteiger partial charge is 0.0192 e. The molecule has 16 heavy (non-hydrogen) atoms. The molecule has 1 aliphatic rings. The van der Waals surface area contributed by atoms with Crippen molar-refractivity contribution < 1.29 is 0 Å². The molecule has 3 heteroatoms. The summed E-state index contributed by atoms with van der Waals surface area (Å²) in [6.45, 7) is 11.6. The fourth-order valence-corrected chi connectivity index (χ4v) is 2.36. The Labute approximate surface area is 101 Å². The van der Waals surface area contributed by atoms with E-state index in [1.54, 1.807) is 0 Å². The zero-order valence-electron chi connectivity index (χ0n) is 11.1. The van der Waals surface area contributed by atoms with Crippen molar-refractivity contribution in [2.75, 3.05) is 39.3 Å². The molecule has 2 N–H and O–H groups in total. The van der Waals surface area contributed by atoms with E-state index in [-0.39, 0.29) is 0 Å². The van der Waals surface area contributed by atoms with Crippen LogP contribution in [0, 0.1) is 0 Å². The van der Waals surface area contributed by atoms with Crippen molar-refractivity contribution >= 4 is 0 Å². The second-order valence-corrected chi connectivity index (χ2v) is 4.79. The molecule has 0 aliphatic carbocycles. The molecule has 1 atom stereocenters. The minimum atomic E-state index is 0.718. The molecule has 1 saturated heterocycles. The number of nitrogens with one attached hydrogen (secondary N) is 2. The lowest BCUT2D eigenvalue weighted by Gasteiger charge is -2.25. The summed E-state index contributed by atoms with van der Waals surface area (Å²) in [5.41, 5.74) is 0. The maximum Gasteiger partial charge on any atom is 0.0192 e. The Morgan fingerprint density at radius 3 is 2.75 bits per heavy atom. The van der Waals surface area contributed by atoms with Gasteiger partial charge in [0.1, 0.15) is 0 Å². The van der Waals surface area contributed by atoms with Crippen molar-refractivity contribution in [3.63, 3.8) is 0 Å². The second kappa shape index (κ2) is 8.97. The fraction of sp³-hybridized carbons (Fsp3) is 1.00. The van der Waals surface area contributed by atoms with E-state index >= 15 is 0 Å². The normalized spacial score (nSPS) is 21.6. The SMILES string of the molecule is CCCN(CC)CCNCC1CCCCN1. The first-order chi connectivity index (χ1) is 7.86. The van der Waals surface area contributed by atoms with E-state index < -0.39 is 0 Å². The first-order valence-electron chi connectivity index (χ1n) is 7.03. The van der Waals surface area contributed by atoms with Gasteiger partial charge in [0.15, 0.2) is 0 Å². The van der Waals surface area contributed by atoms with Gasteiger partial charge in [-0.1, -0.05) is 20.3 Å². The van der Waals surface area contributed by atoms with Gasteiger partial charge >= 0.3 is 0 Å². The van der Waals surface area contributed by atoms with Crippen LogP contribution in [0.4, 0.5) is 0 Å². The van der Waals surface area contributed by atoms with Crippen LogP contribution in [0.15, 0.2) is 0 Å². The quantitative estimate of drug-likeness (QED) is 0.615. The molecular weight excluding hydrogens is 198 g/mol. The maximum absolute atomic E-state index is 3.57. The summed E-state index contributed by atoms with van der Waals surface area (Å²) in [5.74, 6) is 0. The van der Waals surface area contributed by atoms with Crippen LogP contribution in [-0.4, -0.2) is 50.2 Å². The molecule has 0 aromatic heterocycles. The van der Waals surface area contributed by atoms with Crippen LogP contribution in [0.25, 0.3) is 0 Å². The predicted octanol–water partition coefficient (Wildman–Crippen LogP) is 1.45. The molecule has 1 unspecified atom stereocenters. The van der Waals surface area contributed by atoms with Gasteiger partial charge in [-0.25, -0.2) is 0 Å². The second-order valence-electron chi connectivity index (χ2n) is 4.79. The predicted molar refractivity (Wildman–Crippen MR) is 70.9 cm³/mol. The highest BCUT2D eigenvalue weighted by Crippen LogP contribution is 2.05. The summed E-state index contributed by atoms with van der Waals surface area (Å²) in [6.07, 6.45) is 5.37. The zero-order valence-corrected chi connectivity index (χ0v) is 11.1. The summed E-state index contributed by atoms with van der Waals surface area (Å²) in [5, 5.41) is 7.14. The molecule has 1 heterocycles. The molecular formula is C13H29N3. The number of hydrogen-bond donors (Lipinski definition) is 2. The number of likely N-dealkylation sites (N-methyl/N-ethyl adjacent to an activating group) is 1. The molecule has 1 fully saturated rings. The van der Waals surface area contributed by atoms with E-state index in [4.69, 9.17) is 0 Å². The molecule has 0 radical (unpaired) electrons. The number of hydrogen-bond acceptors (Lipinski definition) is 3. The van der Waals surface area contributed by atoms with Crippen LogP contribution < -0.4 is 10.6 Å². The summed E-state index contributed by atoms with van der Waals surface area (Å²) in [4.78, 5) is 2.52. The van der Waals surface area contributed by atoms with Crippen molar-refractivity contribution in [1.82, 2.24) is 15.5 Å². The van der Waals surface area contributed by atoms with Crippen molar-refractivity contribution in [1.29, 1.82) is 0 Å². The van der Waals surface area contributed by atoms with E-state index in [0.717, 1.165) is 19.1 Å². The number of nitrogens with zero attached hydrogens (tertiary/aromatic N) is 1. The van der Waals surface area contributed by atoms with Crippen molar-refractivity contribution in [2.45, 2.75) is 45.6 Å². The average Bonchev–Trinajstić information content (AvgIpc) is 2.34. The van der Waals surface area contributed by atoms with Crippen LogP contribution in [0.1, 0.15) is 39.5 Å². The van der Waals surface area contributed by atoms with Crippen LogP contribution in [0.5, 0.6) is 0 Å².